The van der Waals surface area contributed by atoms with Crippen molar-refractivity contribution in [2.45, 2.75) is 4.90 Å². The van der Waals surface area contributed by atoms with Crippen molar-refractivity contribution in [2.24, 2.45) is 0 Å². The fourth-order valence-electron chi connectivity index (χ4n) is 1.86. The number of carbonyl (C=O) groups is 1. The molecule has 0 aliphatic carbocycles. The summed E-state index contributed by atoms with van der Waals surface area (Å²) < 4.78 is 37.7. The Kier molecular flexibility index (Phi) is 5.27. The van der Waals surface area contributed by atoms with Crippen molar-refractivity contribution in [3.05, 3.63) is 52.5 Å². The summed E-state index contributed by atoms with van der Waals surface area (Å²) in [5.74, 6) is -0.264. The lowest BCUT2D eigenvalue weighted by atomic mass is 10.2. The highest BCUT2D eigenvalue weighted by molar-refractivity contribution is 9.10. The van der Waals surface area contributed by atoms with Crippen molar-refractivity contribution in [1.29, 1.82) is 0 Å². The molecule has 23 heavy (non-hydrogen) atoms. The van der Waals surface area contributed by atoms with Crippen molar-refractivity contribution >= 4 is 37.6 Å². The molecule has 122 valence electrons. The number of methoxy groups -OCH3 is 2. The van der Waals surface area contributed by atoms with Crippen LogP contribution in [0.15, 0.2) is 51.8 Å². The van der Waals surface area contributed by atoms with Crippen LogP contribution in [0.5, 0.6) is 5.75 Å². The first-order valence-corrected chi connectivity index (χ1v) is 8.69. The summed E-state index contributed by atoms with van der Waals surface area (Å²) >= 11 is 3.24. The summed E-state index contributed by atoms with van der Waals surface area (Å²) in [4.78, 5) is 11.4. The van der Waals surface area contributed by atoms with Crippen LogP contribution in [0.2, 0.25) is 0 Å². The van der Waals surface area contributed by atoms with Gasteiger partial charge in [0.15, 0.2) is 0 Å². The first-order chi connectivity index (χ1) is 10.9. The zero-order valence-corrected chi connectivity index (χ0v) is 14.8. The Hall–Kier alpha value is -2.06. The Bertz CT molecular complexity index is 818. The van der Waals surface area contributed by atoms with Gasteiger partial charge in [0.1, 0.15) is 10.6 Å². The molecule has 8 heteroatoms. The lowest BCUT2D eigenvalue weighted by molar-refractivity contribution is 0.0601. The summed E-state index contributed by atoms with van der Waals surface area (Å²) in [6.45, 7) is 0. The molecule has 0 aromatic heterocycles. The molecule has 0 saturated carbocycles. The number of rotatable bonds is 5. The maximum absolute atomic E-state index is 12.5. The average molecular weight is 400 g/mol. The number of halogens is 1. The van der Waals surface area contributed by atoms with Gasteiger partial charge in [-0.3, -0.25) is 4.72 Å². The van der Waals surface area contributed by atoms with Gasteiger partial charge in [0, 0.05) is 10.2 Å². The Balaban J connectivity index is 2.31. The molecule has 0 spiro atoms. The standard InChI is InChI=1S/C15H14BrNO5S/c1-21-13-8-5-11(16)9-14(13)23(19,20)17-12-6-3-10(4-7-12)15(18)22-2/h3-9,17H,1-2H3. The van der Waals surface area contributed by atoms with Crippen LogP contribution >= 0.6 is 15.9 Å². The van der Waals surface area contributed by atoms with E-state index < -0.39 is 16.0 Å². The number of nitrogens with one attached hydrogen (secondary N) is 1. The average Bonchev–Trinajstić information content (AvgIpc) is 2.54. The third-order valence-electron chi connectivity index (χ3n) is 2.97. The Morgan fingerprint density at radius 2 is 1.74 bits per heavy atom. The number of ether oxygens (including phenoxy) is 2. The molecule has 2 aromatic rings. The summed E-state index contributed by atoms with van der Waals surface area (Å²) in [6, 6.07) is 10.6. The second kappa shape index (κ2) is 7.01. The number of benzene rings is 2. The predicted molar refractivity (Wildman–Crippen MR) is 89.3 cm³/mol. The molecule has 0 unspecified atom stereocenters. The van der Waals surface area contributed by atoms with Gasteiger partial charge in [-0.25, -0.2) is 13.2 Å². The van der Waals surface area contributed by atoms with Gasteiger partial charge in [-0.2, -0.15) is 0 Å². The maximum atomic E-state index is 12.5. The van der Waals surface area contributed by atoms with Gasteiger partial charge in [0.2, 0.25) is 0 Å². The number of sulfonamides is 1. The van der Waals surface area contributed by atoms with Gasteiger partial charge in [0.25, 0.3) is 10.0 Å². The Morgan fingerprint density at radius 3 is 2.30 bits per heavy atom. The largest absolute Gasteiger partial charge is 0.495 e. The summed E-state index contributed by atoms with van der Waals surface area (Å²) in [5.41, 5.74) is 0.648. The number of hydrogen-bond acceptors (Lipinski definition) is 5. The molecule has 0 aliphatic heterocycles. The molecule has 6 nitrogen and oxygen atoms in total. The van der Waals surface area contributed by atoms with Crippen molar-refractivity contribution in [3.63, 3.8) is 0 Å². The van der Waals surface area contributed by atoms with Gasteiger partial charge in [-0.05, 0) is 42.5 Å². The van der Waals surface area contributed by atoms with E-state index in [1.807, 2.05) is 0 Å². The number of carbonyl (C=O) groups excluding carboxylic acids is 1. The van der Waals surface area contributed by atoms with E-state index in [9.17, 15) is 13.2 Å². The molecule has 0 radical (unpaired) electrons. The summed E-state index contributed by atoms with van der Waals surface area (Å²) in [5, 5.41) is 0. The molecule has 0 fully saturated rings. The molecular weight excluding hydrogens is 386 g/mol. The molecule has 0 amide bonds. The van der Waals surface area contributed by atoms with E-state index in [0.717, 1.165) is 0 Å². The van der Waals surface area contributed by atoms with Crippen LogP contribution < -0.4 is 9.46 Å². The molecule has 2 rings (SSSR count). The quantitative estimate of drug-likeness (QED) is 0.781. The van der Waals surface area contributed by atoms with Crippen LogP contribution in [-0.4, -0.2) is 28.6 Å². The second-order valence-corrected chi connectivity index (χ2v) is 7.04. The fourth-order valence-corrected chi connectivity index (χ4v) is 3.63. The number of esters is 1. The summed E-state index contributed by atoms with van der Waals surface area (Å²) in [7, 11) is -1.17. The summed E-state index contributed by atoms with van der Waals surface area (Å²) in [6.07, 6.45) is 0. The predicted octanol–water partition coefficient (Wildman–Crippen LogP) is 3.05. The molecule has 0 saturated heterocycles. The molecule has 0 bridgehead atoms. The van der Waals surface area contributed by atoms with E-state index in [4.69, 9.17) is 4.74 Å². The van der Waals surface area contributed by atoms with Gasteiger partial charge >= 0.3 is 5.97 Å². The zero-order valence-electron chi connectivity index (χ0n) is 12.4. The second-order valence-electron chi connectivity index (χ2n) is 4.47. The SMILES string of the molecule is COC(=O)c1ccc(NS(=O)(=O)c2cc(Br)ccc2OC)cc1. The topological polar surface area (TPSA) is 81.7 Å². The lowest BCUT2D eigenvalue weighted by Gasteiger charge is -2.12. The minimum Gasteiger partial charge on any atom is -0.495 e. The van der Waals surface area contributed by atoms with Crippen LogP contribution in [0, 0.1) is 0 Å². The van der Waals surface area contributed by atoms with Gasteiger partial charge in [-0.1, -0.05) is 15.9 Å². The van der Waals surface area contributed by atoms with E-state index >= 15 is 0 Å². The normalized spacial score (nSPS) is 10.9. The molecule has 0 atom stereocenters. The van der Waals surface area contributed by atoms with Gasteiger partial charge < -0.3 is 9.47 Å². The van der Waals surface area contributed by atoms with Crippen LogP contribution in [0.3, 0.4) is 0 Å². The minimum atomic E-state index is -3.84. The van der Waals surface area contributed by atoms with Gasteiger partial charge in [0.05, 0.1) is 19.8 Å². The van der Waals surface area contributed by atoms with Crippen LogP contribution in [0.1, 0.15) is 10.4 Å². The van der Waals surface area contributed by atoms with Crippen molar-refractivity contribution in [1.82, 2.24) is 0 Å². The lowest BCUT2D eigenvalue weighted by Crippen LogP contribution is -2.14. The highest BCUT2D eigenvalue weighted by Crippen LogP contribution is 2.28. The first-order valence-electron chi connectivity index (χ1n) is 6.42. The fraction of sp³-hybridized carbons (Fsp3) is 0.133. The van der Waals surface area contributed by atoms with Crippen LogP contribution in [0.4, 0.5) is 5.69 Å². The Morgan fingerprint density at radius 1 is 1.09 bits per heavy atom. The van der Waals surface area contributed by atoms with E-state index in [0.29, 0.717) is 15.7 Å². The minimum absolute atomic E-state index is 0.00594. The molecule has 0 heterocycles. The van der Waals surface area contributed by atoms with Gasteiger partial charge in [-0.15, -0.1) is 0 Å². The van der Waals surface area contributed by atoms with E-state index in [2.05, 4.69) is 25.4 Å². The Labute approximate surface area is 142 Å². The van der Waals surface area contributed by atoms with Crippen molar-refractivity contribution < 1.29 is 22.7 Å². The molecular formula is C15H14BrNO5S. The van der Waals surface area contributed by atoms with Crippen molar-refractivity contribution in [3.8, 4) is 5.75 Å². The zero-order chi connectivity index (χ0) is 17.0. The highest BCUT2D eigenvalue weighted by atomic mass is 79.9. The first kappa shape index (κ1) is 17.3. The maximum Gasteiger partial charge on any atom is 0.337 e. The monoisotopic (exact) mass is 399 g/mol. The molecule has 0 aliphatic rings. The van der Waals surface area contributed by atoms with Crippen LogP contribution in [0.25, 0.3) is 0 Å². The third-order valence-corrected chi connectivity index (χ3v) is 4.87. The third kappa shape index (κ3) is 4.02. The highest BCUT2D eigenvalue weighted by Gasteiger charge is 2.20. The van der Waals surface area contributed by atoms with E-state index in [1.54, 1.807) is 12.1 Å². The smallest absolute Gasteiger partial charge is 0.337 e. The molecule has 1 N–H and O–H groups in total. The van der Waals surface area contributed by atoms with E-state index in [-0.39, 0.29) is 10.6 Å². The van der Waals surface area contributed by atoms with E-state index in [1.165, 1.54) is 44.6 Å². The van der Waals surface area contributed by atoms with Crippen molar-refractivity contribution in [2.75, 3.05) is 18.9 Å². The number of hydrogen-bond donors (Lipinski definition) is 1. The van der Waals surface area contributed by atoms with Crippen LogP contribution in [-0.2, 0) is 14.8 Å². The molecule has 2 aromatic carbocycles. The number of anilines is 1.